The molecule has 0 saturated heterocycles. The lowest BCUT2D eigenvalue weighted by Gasteiger charge is -2.26. The molecule has 0 amide bonds. The van der Waals surface area contributed by atoms with Gasteiger partial charge in [0.15, 0.2) is 0 Å². The van der Waals surface area contributed by atoms with Crippen LogP contribution in [0.25, 0.3) is 0 Å². The van der Waals surface area contributed by atoms with Crippen molar-refractivity contribution in [3.05, 3.63) is 33.8 Å². The van der Waals surface area contributed by atoms with Gasteiger partial charge in [0.2, 0.25) is 6.17 Å². The Morgan fingerprint density at radius 1 is 1.50 bits per heavy atom. The van der Waals surface area contributed by atoms with Gasteiger partial charge in [-0.2, -0.15) is 0 Å². The molecule has 0 radical (unpaired) electrons. The van der Waals surface area contributed by atoms with Crippen molar-refractivity contribution in [3.63, 3.8) is 0 Å². The molecule has 0 spiro atoms. The summed E-state index contributed by atoms with van der Waals surface area (Å²) in [6.45, 7) is 2.77. The van der Waals surface area contributed by atoms with E-state index in [4.69, 9.17) is 23.2 Å². The van der Waals surface area contributed by atoms with Crippen LogP contribution >= 0.6 is 23.2 Å². The van der Waals surface area contributed by atoms with Gasteiger partial charge in [0.05, 0.1) is 16.7 Å². The normalized spacial score (nSPS) is 15.9. The van der Waals surface area contributed by atoms with E-state index in [1.54, 1.807) is 6.92 Å². The number of aliphatic hydroxyl groups is 1. The van der Waals surface area contributed by atoms with Gasteiger partial charge in [-0.3, -0.25) is 0 Å². The maximum atomic E-state index is 13.9. The maximum Gasteiger partial charge on any atom is 0.344 e. The van der Waals surface area contributed by atoms with Gasteiger partial charge >= 0.3 is 5.97 Å². The zero-order chi connectivity index (χ0) is 13.9. The van der Waals surface area contributed by atoms with Crippen LogP contribution in [-0.2, 0) is 15.1 Å². The van der Waals surface area contributed by atoms with Crippen molar-refractivity contribution in [1.29, 1.82) is 0 Å². The molecule has 1 N–H and O–H groups in total. The van der Waals surface area contributed by atoms with E-state index in [0.717, 1.165) is 0 Å². The number of esters is 1. The molecule has 2 unspecified atom stereocenters. The predicted octanol–water partition coefficient (Wildman–Crippen LogP) is 3.10. The van der Waals surface area contributed by atoms with Crippen molar-refractivity contribution in [1.82, 2.24) is 0 Å². The van der Waals surface area contributed by atoms with Gasteiger partial charge in [0.25, 0.3) is 0 Å². The van der Waals surface area contributed by atoms with E-state index < -0.39 is 17.7 Å². The number of ether oxygens (including phenoxy) is 1. The van der Waals surface area contributed by atoms with Crippen molar-refractivity contribution in [3.8, 4) is 0 Å². The first-order valence-corrected chi connectivity index (χ1v) is 6.05. The summed E-state index contributed by atoms with van der Waals surface area (Å²) in [5.41, 5.74) is -1.88. The van der Waals surface area contributed by atoms with Gasteiger partial charge in [-0.25, -0.2) is 9.18 Å². The molecule has 2 atom stereocenters. The fourth-order valence-electron chi connectivity index (χ4n) is 1.40. The molecule has 0 aromatic heterocycles. The van der Waals surface area contributed by atoms with E-state index in [0.29, 0.717) is 0 Å². The van der Waals surface area contributed by atoms with E-state index in [2.05, 4.69) is 4.74 Å². The molecule has 1 aromatic rings. The number of carbonyl (C=O) groups is 1. The molecule has 0 aliphatic heterocycles. The molecular formula is C12H13Cl2FO3. The van der Waals surface area contributed by atoms with E-state index in [1.165, 1.54) is 25.1 Å². The minimum Gasteiger partial charge on any atom is -0.464 e. The van der Waals surface area contributed by atoms with Crippen LogP contribution in [0, 0.1) is 0 Å². The van der Waals surface area contributed by atoms with Crippen molar-refractivity contribution < 1.29 is 19.0 Å². The SMILES string of the molecule is CCOC(=O)C(F)C(C)(O)c1ccc(Cl)c(Cl)c1. The highest BCUT2D eigenvalue weighted by Crippen LogP contribution is 2.32. The molecule has 0 heterocycles. The number of hydrogen-bond acceptors (Lipinski definition) is 3. The average molecular weight is 295 g/mol. The highest BCUT2D eigenvalue weighted by atomic mass is 35.5. The van der Waals surface area contributed by atoms with Crippen molar-refractivity contribution in [2.24, 2.45) is 0 Å². The maximum absolute atomic E-state index is 13.9. The summed E-state index contributed by atoms with van der Waals surface area (Å²) >= 11 is 11.5. The molecular weight excluding hydrogens is 282 g/mol. The Morgan fingerprint density at radius 2 is 2.11 bits per heavy atom. The monoisotopic (exact) mass is 294 g/mol. The third-order valence-corrected chi connectivity index (χ3v) is 3.23. The number of benzene rings is 1. The smallest absolute Gasteiger partial charge is 0.344 e. The number of rotatable bonds is 4. The summed E-state index contributed by atoms with van der Waals surface area (Å²) in [7, 11) is 0. The Morgan fingerprint density at radius 3 is 2.61 bits per heavy atom. The Hall–Kier alpha value is -0.840. The van der Waals surface area contributed by atoms with Gasteiger partial charge in [-0.15, -0.1) is 0 Å². The lowest BCUT2D eigenvalue weighted by atomic mass is 9.91. The second kappa shape index (κ2) is 5.87. The first-order valence-electron chi connectivity index (χ1n) is 5.29. The van der Waals surface area contributed by atoms with E-state index in [9.17, 15) is 14.3 Å². The van der Waals surface area contributed by atoms with Crippen LogP contribution in [0.2, 0.25) is 10.0 Å². The molecule has 6 heteroatoms. The molecule has 18 heavy (non-hydrogen) atoms. The van der Waals surface area contributed by atoms with Crippen LogP contribution in [0.15, 0.2) is 18.2 Å². The summed E-state index contributed by atoms with van der Waals surface area (Å²) in [6, 6.07) is 4.14. The number of hydrogen-bond donors (Lipinski definition) is 1. The summed E-state index contributed by atoms with van der Waals surface area (Å²) in [4.78, 5) is 11.3. The van der Waals surface area contributed by atoms with Crippen LogP contribution in [0.4, 0.5) is 4.39 Å². The largest absolute Gasteiger partial charge is 0.464 e. The highest BCUT2D eigenvalue weighted by Gasteiger charge is 2.40. The topological polar surface area (TPSA) is 46.5 Å². The number of carbonyl (C=O) groups excluding carboxylic acids is 1. The van der Waals surface area contributed by atoms with Gasteiger partial charge in [-0.05, 0) is 31.5 Å². The first kappa shape index (κ1) is 15.2. The fraction of sp³-hybridized carbons (Fsp3) is 0.417. The third-order valence-electron chi connectivity index (χ3n) is 2.49. The molecule has 0 bridgehead atoms. The van der Waals surface area contributed by atoms with Gasteiger partial charge in [0.1, 0.15) is 5.60 Å². The molecule has 1 aromatic carbocycles. The molecule has 3 nitrogen and oxygen atoms in total. The molecule has 1 rings (SSSR count). The van der Waals surface area contributed by atoms with Crippen LogP contribution in [0.3, 0.4) is 0 Å². The van der Waals surface area contributed by atoms with Crippen molar-refractivity contribution >= 4 is 29.2 Å². The van der Waals surface area contributed by atoms with Crippen LogP contribution in [0.5, 0.6) is 0 Å². The van der Waals surface area contributed by atoms with E-state index in [1.807, 2.05) is 0 Å². The number of halogens is 3. The van der Waals surface area contributed by atoms with Gasteiger partial charge in [-0.1, -0.05) is 29.3 Å². The second-order valence-corrected chi connectivity index (χ2v) is 4.71. The summed E-state index contributed by atoms with van der Waals surface area (Å²) in [5.74, 6) is -1.12. The minimum atomic E-state index is -2.20. The Labute approximate surface area is 114 Å². The lowest BCUT2D eigenvalue weighted by Crippen LogP contribution is -2.40. The lowest BCUT2D eigenvalue weighted by molar-refractivity contribution is -0.160. The zero-order valence-electron chi connectivity index (χ0n) is 9.91. The number of alkyl halides is 1. The zero-order valence-corrected chi connectivity index (χ0v) is 11.4. The van der Waals surface area contributed by atoms with Crippen LogP contribution in [-0.4, -0.2) is 23.9 Å². The average Bonchev–Trinajstić information content (AvgIpc) is 2.31. The molecule has 100 valence electrons. The van der Waals surface area contributed by atoms with Crippen LogP contribution in [0.1, 0.15) is 19.4 Å². The Bertz CT molecular complexity index is 449. The van der Waals surface area contributed by atoms with Gasteiger partial charge < -0.3 is 9.84 Å². The first-order chi connectivity index (χ1) is 8.30. The van der Waals surface area contributed by atoms with E-state index in [-0.39, 0.29) is 22.2 Å². The second-order valence-electron chi connectivity index (χ2n) is 3.89. The highest BCUT2D eigenvalue weighted by molar-refractivity contribution is 6.42. The summed E-state index contributed by atoms with van der Waals surface area (Å²) in [5, 5.41) is 10.5. The molecule has 0 aliphatic rings. The Kier molecular flexibility index (Phi) is 4.96. The Balaban J connectivity index is 3.04. The molecule has 0 aliphatic carbocycles. The standard InChI is InChI=1S/C12H13Cl2FO3/c1-3-18-11(16)10(15)12(2,17)7-4-5-8(13)9(14)6-7/h4-6,10,17H,3H2,1-2H3. The fourth-order valence-corrected chi connectivity index (χ4v) is 1.70. The third kappa shape index (κ3) is 3.13. The minimum absolute atomic E-state index is 0.0384. The predicted molar refractivity (Wildman–Crippen MR) is 67.6 cm³/mol. The summed E-state index contributed by atoms with van der Waals surface area (Å²) < 4.78 is 18.4. The molecule has 0 saturated carbocycles. The summed E-state index contributed by atoms with van der Waals surface area (Å²) in [6.07, 6.45) is -2.20. The van der Waals surface area contributed by atoms with Crippen molar-refractivity contribution in [2.45, 2.75) is 25.6 Å². The van der Waals surface area contributed by atoms with E-state index >= 15 is 0 Å². The van der Waals surface area contributed by atoms with Gasteiger partial charge in [0, 0.05) is 0 Å². The quantitative estimate of drug-likeness (QED) is 0.868. The van der Waals surface area contributed by atoms with Crippen LogP contribution < -0.4 is 0 Å². The molecule has 0 fully saturated rings. The van der Waals surface area contributed by atoms with Crippen molar-refractivity contribution in [2.75, 3.05) is 6.61 Å².